The van der Waals surface area contributed by atoms with E-state index in [-0.39, 0.29) is 11.3 Å². The number of hydrogen-bond donors (Lipinski definition) is 0. The zero-order valence-electron chi connectivity index (χ0n) is 41.4. The highest BCUT2D eigenvalue weighted by atomic mass is 15.2. The summed E-state index contributed by atoms with van der Waals surface area (Å²) in [6.07, 6.45) is 3.46. The first-order valence-electron chi connectivity index (χ1n) is 25.9. The van der Waals surface area contributed by atoms with E-state index in [4.69, 9.17) is 0 Å². The summed E-state index contributed by atoms with van der Waals surface area (Å²) in [6, 6.07) is 92.8. The van der Waals surface area contributed by atoms with Gasteiger partial charge in [-0.25, -0.2) is 0 Å². The molecule has 11 aromatic rings. The van der Waals surface area contributed by atoms with Crippen molar-refractivity contribution in [3.63, 3.8) is 0 Å². The Morgan fingerprint density at radius 1 is 0.452 bits per heavy atom. The number of fused-ring (bicyclic) bond motifs is 8. The Balaban J connectivity index is 1.01. The quantitative estimate of drug-likeness (QED) is 0.147. The topological polar surface area (TPSA) is 8.17 Å². The van der Waals surface area contributed by atoms with Crippen LogP contribution in [0.4, 0.5) is 11.4 Å². The number of aromatic nitrogens is 1. The fraction of sp³-hybridized carbons (Fsp3) is 0.0986. The van der Waals surface area contributed by atoms with Crippen molar-refractivity contribution in [3.8, 4) is 39.1 Å². The van der Waals surface area contributed by atoms with E-state index in [2.05, 4.69) is 285 Å². The molecule has 348 valence electrons. The van der Waals surface area contributed by atoms with Crippen LogP contribution in [0.15, 0.2) is 266 Å². The molecule has 3 aliphatic rings. The molecule has 0 bridgehead atoms. The first kappa shape index (κ1) is 43.1. The Labute approximate surface area is 428 Å². The molecule has 0 fully saturated rings. The summed E-state index contributed by atoms with van der Waals surface area (Å²) in [5.74, 6) is 0.169. The summed E-state index contributed by atoms with van der Waals surface area (Å²) < 4.78 is 2.42. The standard InChI is InChI=1S/C71H54N2/c1-47-44-54(72(65-35-18-14-28-55(65)48-22-7-4-8-23-48)53-42-43-58-57-29-13-17-33-61(57)70(2,3)63(58)45-53)46-64-68(47)69-56(32-21-34-62(69)71(64,50-24-9-5-10-25-50)51-26-11-6-12-27-51)49-38-40-52(41-39-49)73-66-36-19-15-30-59(66)60-31-16-20-37-67(60)73/h4-43,45-47H,44H2,1-3H3. The lowest BCUT2D eigenvalue weighted by molar-refractivity contribution is 0.659. The van der Waals surface area contributed by atoms with E-state index in [1.54, 1.807) is 0 Å². The van der Waals surface area contributed by atoms with E-state index < -0.39 is 5.41 Å². The highest BCUT2D eigenvalue weighted by molar-refractivity contribution is 6.09. The Morgan fingerprint density at radius 3 is 1.67 bits per heavy atom. The Bertz CT molecular complexity index is 3930. The molecule has 0 saturated heterocycles. The first-order valence-corrected chi connectivity index (χ1v) is 25.9. The van der Waals surface area contributed by atoms with Crippen LogP contribution < -0.4 is 4.90 Å². The van der Waals surface area contributed by atoms with Gasteiger partial charge in [-0.1, -0.05) is 227 Å². The van der Waals surface area contributed by atoms with Crippen molar-refractivity contribution in [3.05, 3.63) is 299 Å². The highest BCUT2D eigenvalue weighted by Crippen LogP contribution is 2.62. The SMILES string of the molecule is CC1CC(N(c2ccc3c(c2)C(C)(C)c2ccccc2-3)c2ccccc2-c2ccccc2)=CC2=C1c1c(-c3ccc(-n4c5ccccc5c5ccccc54)cc3)cccc1C2(c1ccccc1)c1ccccc1. The summed E-state index contributed by atoms with van der Waals surface area (Å²) in [6.45, 7) is 7.26. The summed E-state index contributed by atoms with van der Waals surface area (Å²) in [7, 11) is 0. The van der Waals surface area contributed by atoms with E-state index in [1.165, 1.54) is 117 Å². The molecular formula is C71H54N2. The lowest BCUT2D eigenvalue weighted by Gasteiger charge is -2.39. The van der Waals surface area contributed by atoms with Crippen LogP contribution in [0, 0.1) is 5.92 Å². The van der Waals surface area contributed by atoms with E-state index in [0.717, 1.165) is 12.1 Å². The maximum atomic E-state index is 2.61. The highest BCUT2D eigenvalue weighted by Gasteiger charge is 2.50. The summed E-state index contributed by atoms with van der Waals surface area (Å²) in [4.78, 5) is 2.61. The van der Waals surface area contributed by atoms with E-state index in [9.17, 15) is 0 Å². The van der Waals surface area contributed by atoms with E-state index in [1.807, 2.05) is 0 Å². The molecule has 14 rings (SSSR count). The smallest absolute Gasteiger partial charge is 0.0711 e. The number of nitrogens with zero attached hydrogens (tertiary/aromatic N) is 2. The Morgan fingerprint density at radius 2 is 0.986 bits per heavy atom. The van der Waals surface area contributed by atoms with Gasteiger partial charge < -0.3 is 9.47 Å². The molecule has 0 aliphatic heterocycles. The van der Waals surface area contributed by atoms with Gasteiger partial charge >= 0.3 is 0 Å². The second-order valence-electron chi connectivity index (χ2n) is 20.8. The van der Waals surface area contributed by atoms with Crippen LogP contribution in [-0.2, 0) is 10.8 Å². The lowest BCUT2D eigenvalue weighted by atomic mass is 9.65. The molecular weight excluding hydrogens is 881 g/mol. The van der Waals surface area contributed by atoms with Crippen molar-refractivity contribution in [2.24, 2.45) is 5.92 Å². The molecule has 1 atom stereocenters. The monoisotopic (exact) mass is 934 g/mol. The minimum Gasteiger partial charge on any atom is -0.314 e. The maximum Gasteiger partial charge on any atom is 0.0711 e. The normalized spacial score (nSPS) is 15.9. The number of benzene rings is 10. The van der Waals surface area contributed by atoms with E-state index >= 15 is 0 Å². The van der Waals surface area contributed by atoms with Gasteiger partial charge in [0.05, 0.1) is 22.1 Å². The second kappa shape index (κ2) is 16.7. The molecule has 1 heterocycles. The van der Waals surface area contributed by atoms with Gasteiger partial charge in [0.2, 0.25) is 0 Å². The molecule has 0 N–H and O–H groups in total. The molecule has 10 aromatic carbocycles. The molecule has 0 spiro atoms. The van der Waals surface area contributed by atoms with Crippen molar-refractivity contribution in [1.29, 1.82) is 0 Å². The zero-order valence-corrected chi connectivity index (χ0v) is 41.4. The lowest BCUT2D eigenvalue weighted by Crippen LogP contribution is -2.31. The van der Waals surface area contributed by atoms with Crippen LogP contribution in [0.2, 0.25) is 0 Å². The van der Waals surface area contributed by atoms with Crippen LogP contribution >= 0.6 is 0 Å². The predicted octanol–water partition coefficient (Wildman–Crippen LogP) is 18.3. The summed E-state index contributed by atoms with van der Waals surface area (Å²) in [5.41, 5.74) is 24.8. The van der Waals surface area contributed by atoms with E-state index in [0.29, 0.717) is 0 Å². The fourth-order valence-electron chi connectivity index (χ4n) is 13.3. The van der Waals surface area contributed by atoms with Crippen molar-refractivity contribution in [2.75, 3.05) is 4.90 Å². The van der Waals surface area contributed by atoms with Gasteiger partial charge in [-0.2, -0.15) is 0 Å². The van der Waals surface area contributed by atoms with Gasteiger partial charge in [-0.05, 0) is 133 Å². The average Bonchev–Trinajstić information content (AvgIpc) is 4.03. The Hall–Kier alpha value is -8.72. The second-order valence-corrected chi connectivity index (χ2v) is 20.8. The maximum absolute atomic E-state index is 2.61. The van der Waals surface area contributed by atoms with Crippen LogP contribution in [-0.4, -0.2) is 4.57 Å². The molecule has 73 heavy (non-hydrogen) atoms. The van der Waals surface area contributed by atoms with Crippen LogP contribution in [0.3, 0.4) is 0 Å². The fourth-order valence-corrected chi connectivity index (χ4v) is 13.3. The third kappa shape index (κ3) is 6.43. The number of rotatable bonds is 8. The van der Waals surface area contributed by atoms with Gasteiger partial charge in [0.25, 0.3) is 0 Å². The van der Waals surface area contributed by atoms with Crippen molar-refractivity contribution < 1.29 is 0 Å². The molecule has 1 aromatic heterocycles. The number of hydrogen-bond acceptors (Lipinski definition) is 1. The van der Waals surface area contributed by atoms with Crippen LogP contribution in [0.5, 0.6) is 0 Å². The first-order chi connectivity index (χ1) is 35.9. The molecule has 3 aliphatic carbocycles. The predicted molar refractivity (Wildman–Crippen MR) is 306 cm³/mol. The number of anilines is 2. The molecule has 1 unspecified atom stereocenters. The minimum atomic E-state index is -0.599. The largest absolute Gasteiger partial charge is 0.314 e. The number of para-hydroxylation sites is 3. The van der Waals surface area contributed by atoms with Gasteiger partial charge in [0.1, 0.15) is 0 Å². The molecule has 0 amide bonds. The van der Waals surface area contributed by atoms with Crippen LogP contribution in [0.1, 0.15) is 60.6 Å². The van der Waals surface area contributed by atoms with Gasteiger partial charge in [0.15, 0.2) is 0 Å². The minimum absolute atomic E-state index is 0.155. The van der Waals surface area contributed by atoms with Crippen molar-refractivity contribution >= 4 is 38.8 Å². The third-order valence-corrected chi connectivity index (χ3v) is 16.5. The Kier molecular flexibility index (Phi) is 9.85. The van der Waals surface area contributed by atoms with Gasteiger partial charge in [0, 0.05) is 38.8 Å². The van der Waals surface area contributed by atoms with Gasteiger partial charge in [-0.15, -0.1) is 0 Å². The average molecular weight is 935 g/mol. The summed E-state index contributed by atoms with van der Waals surface area (Å²) >= 11 is 0. The molecule has 2 heteroatoms. The van der Waals surface area contributed by atoms with Crippen molar-refractivity contribution in [2.45, 2.75) is 38.0 Å². The number of allylic oxidation sites excluding steroid dienone is 4. The van der Waals surface area contributed by atoms with Crippen molar-refractivity contribution in [1.82, 2.24) is 4.57 Å². The summed E-state index contributed by atoms with van der Waals surface area (Å²) in [5, 5.41) is 2.54. The molecule has 0 radical (unpaired) electrons. The molecule has 0 saturated carbocycles. The van der Waals surface area contributed by atoms with Crippen LogP contribution in [0.25, 0.3) is 66.4 Å². The zero-order chi connectivity index (χ0) is 48.8. The molecule has 2 nitrogen and oxygen atoms in total. The van der Waals surface area contributed by atoms with Gasteiger partial charge in [-0.3, -0.25) is 0 Å². The third-order valence-electron chi connectivity index (χ3n) is 16.5.